The molecular formula is C5H3ClN4O. The van der Waals surface area contributed by atoms with Gasteiger partial charge in [0.15, 0.2) is 5.49 Å². The fourth-order valence-electron chi connectivity index (χ4n) is 0.699. The molecule has 2 amide bonds. The molecule has 6 heteroatoms. The number of nitrogens with zero attached hydrogens (tertiary/aromatic N) is 4. The van der Waals surface area contributed by atoms with Crippen LogP contribution in [0.2, 0.25) is 0 Å². The van der Waals surface area contributed by atoms with Crippen LogP contribution in [-0.2, 0) is 0 Å². The third-order valence-corrected chi connectivity index (χ3v) is 1.09. The number of hydrogen-bond acceptors (Lipinski definition) is 3. The molecule has 1 aromatic rings. The highest BCUT2D eigenvalue weighted by Gasteiger charge is 2.03. The SMILES string of the molecule is Cl.O=C1N=c2cncnc2=N1. The third-order valence-electron chi connectivity index (χ3n) is 1.09. The van der Waals surface area contributed by atoms with E-state index >= 15 is 0 Å². The summed E-state index contributed by atoms with van der Waals surface area (Å²) in [6.45, 7) is 0. The predicted octanol–water partition coefficient (Wildman–Crippen LogP) is -0.729. The molecule has 0 bridgehead atoms. The van der Waals surface area contributed by atoms with Crippen LogP contribution in [0.15, 0.2) is 22.5 Å². The van der Waals surface area contributed by atoms with Crippen molar-refractivity contribution in [1.82, 2.24) is 9.97 Å². The van der Waals surface area contributed by atoms with Crippen molar-refractivity contribution in [3.8, 4) is 0 Å². The zero-order valence-corrected chi connectivity index (χ0v) is 6.08. The monoisotopic (exact) mass is 170 g/mol. The van der Waals surface area contributed by atoms with Gasteiger partial charge in [-0.2, -0.15) is 9.98 Å². The summed E-state index contributed by atoms with van der Waals surface area (Å²) in [7, 11) is 0. The first-order chi connectivity index (χ1) is 4.86. The van der Waals surface area contributed by atoms with Crippen LogP contribution in [0.4, 0.5) is 4.79 Å². The van der Waals surface area contributed by atoms with Crippen LogP contribution in [0.5, 0.6) is 0 Å². The van der Waals surface area contributed by atoms with E-state index < -0.39 is 6.03 Å². The van der Waals surface area contributed by atoms with E-state index in [9.17, 15) is 4.79 Å². The molecule has 1 aliphatic rings. The topological polar surface area (TPSA) is 67.6 Å². The van der Waals surface area contributed by atoms with Crippen molar-refractivity contribution >= 4 is 18.4 Å². The largest absolute Gasteiger partial charge is 0.369 e. The number of carbonyl (C=O) groups excluding carboxylic acids is 1. The Balaban J connectivity index is 0.000000605. The lowest BCUT2D eigenvalue weighted by Gasteiger charge is -1.74. The molecule has 1 aliphatic heterocycles. The number of amides is 2. The molecule has 5 nitrogen and oxygen atoms in total. The summed E-state index contributed by atoms with van der Waals surface area (Å²) < 4.78 is 0. The number of carbonyl (C=O) groups is 1. The molecule has 1 aromatic heterocycles. The minimum Gasteiger partial charge on any atom is -0.244 e. The summed E-state index contributed by atoms with van der Waals surface area (Å²) in [6, 6.07) is -0.504. The highest BCUT2D eigenvalue weighted by atomic mass is 35.5. The second-order valence-corrected chi connectivity index (χ2v) is 1.74. The van der Waals surface area contributed by atoms with Gasteiger partial charge in [-0.3, -0.25) is 0 Å². The lowest BCUT2D eigenvalue weighted by Crippen LogP contribution is -2.25. The van der Waals surface area contributed by atoms with E-state index in [-0.39, 0.29) is 12.4 Å². The summed E-state index contributed by atoms with van der Waals surface area (Å²) in [4.78, 5) is 24.9. The third kappa shape index (κ3) is 1.22. The van der Waals surface area contributed by atoms with Crippen LogP contribution in [0, 0.1) is 0 Å². The summed E-state index contributed by atoms with van der Waals surface area (Å²) >= 11 is 0. The normalized spacial score (nSPS) is 12.5. The average Bonchev–Trinajstić information content (AvgIpc) is 2.27. The van der Waals surface area contributed by atoms with Crippen molar-refractivity contribution in [1.29, 1.82) is 0 Å². The zero-order chi connectivity index (χ0) is 6.97. The van der Waals surface area contributed by atoms with Gasteiger partial charge in [-0.1, -0.05) is 0 Å². The van der Waals surface area contributed by atoms with Crippen LogP contribution in [-0.4, -0.2) is 16.0 Å². The Morgan fingerprint density at radius 3 is 2.82 bits per heavy atom. The van der Waals surface area contributed by atoms with Crippen LogP contribution in [0.1, 0.15) is 0 Å². The van der Waals surface area contributed by atoms with E-state index in [4.69, 9.17) is 0 Å². The Bertz CT molecular complexity index is 364. The van der Waals surface area contributed by atoms with Gasteiger partial charge in [0.2, 0.25) is 0 Å². The molecule has 2 heterocycles. The number of fused-ring (bicyclic) bond motifs is 1. The van der Waals surface area contributed by atoms with Gasteiger partial charge in [-0.25, -0.2) is 14.8 Å². The van der Waals surface area contributed by atoms with Gasteiger partial charge in [0, 0.05) is 0 Å². The van der Waals surface area contributed by atoms with Gasteiger partial charge < -0.3 is 0 Å². The molecule has 0 saturated carbocycles. The molecule has 11 heavy (non-hydrogen) atoms. The maximum atomic E-state index is 10.5. The van der Waals surface area contributed by atoms with E-state index in [0.29, 0.717) is 10.8 Å². The van der Waals surface area contributed by atoms with Gasteiger partial charge in [0.05, 0.1) is 6.20 Å². The van der Waals surface area contributed by atoms with E-state index in [0.717, 1.165) is 0 Å². The lowest BCUT2D eigenvalue weighted by molar-refractivity contribution is 0.256. The Morgan fingerprint density at radius 2 is 2.09 bits per heavy atom. The number of halogens is 1. The standard InChI is InChI=1S/C5H2N4O.ClH/c10-5-8-3-1-6-2-7-4(3)9-5;/h1-2H;1H. The first-order valence-corrected chi connectivity index (χ1v) is 2.64. The molecule has 2 rings (SSSR count). The van der Waals surface area contributed by atoms with Crippen LogP contribution in [0.25, 0.3) is 0 Å². The molecule has 0 fully saturated rings. The van der Waals surface area contributed by atoms with E-state index in [1.54, 1.807) is 0 Å². The second kappa shape index (κ2) is 2.71. The second-order valence-electron chi connectivity index (χ2n) is 1.74. The average molecular weight is 171 g/mol. The Labute approximate surface area is 67.3 Å². The minimum absolute atomic E-state index is 0. The molecular weight excluding hydrogens is 168 g/mol. The fraction of sp³-hybridized carbons (Fsp3) is 0. The molecule has 56 valence electrons. The van der Waals surface area contributed by atoms with Crippen molar-refractivity contribution in [2.75, 3.05) is 0 Å². The number of aromatic nitrogens is 2. The molecule has 0 aliphatic carbocycles. The zero-order valence-electron chi connectivity index (χ0n) is 5.26. The number of hydrogen-bond donors (Lipinski definition) is 0. The molecule has 0 N–H and O–H groups in total. The van der Waals surface area contributed by atoms with E-state index in [1.807, 2.05) is 0 Å². The van der Waals surface area contributed by atoms with Gasteiger partial charge in [0.25, 0.3) is 0 Å². The molecule has 0 atom stereocenters. The molecule has 0 radical (unpaired) electrons. The molecule has 0 saturated heterocycles. The van der Waals surface area contributed by atoms with Crippen molar-refractivity contribution in [3.05, 3.63) is 23.4 Å². The Kier molecular flexibility index (Phi) is 1.91. The fourth-order valence-corrected chi connectivity index (χ4v) is 0.699. The highest BCUT2D eigenvalue weighted by molar-refractivity contribution is 5.85. The van der Waals surface area contributed by atoms with Crippen molar-refractivity contribution in [2.24, 2.45) is 9.98 Å². The summed E-state index contributed by atoms with van der Waals surface area (Å²) in [5, 5.41) is 0.451. The maximum Gasteiger partial charge on any atom is 0.369 e. The summed E-state index contributed by atoms with van der Waals surface area (Å²) in [5.41, 5.74) is 0.361. The van der Waals surface area contributed by atoms with E-state index in [1.165, 1.54) is 12.5 Å². The van der Waals surface area contributed by atoms with Crippen molar-refractivity contribution in [3.63, 3.8) is 0 Å². The van der Waals surface area contributed by atoms with Crippen LogP contribution in [0.3, 0.4) is 0 Å². The maximum absolute atomic E-state index is 10.5. The molecule has 0 unspecified atom stereocenters. The van der Waals surface area contributed by atoms with Gasteiger partial charge in [-0.15, -0.1) is 12.4 Å². The highest BCUT2D eigenvalue weighted by Crippen LogP contribution is 1.79. The number of rotatable bonds is 0. The summed E-state index contributed by atoms with van der Waals surface area (Å²) in [5.74, 6) is 0. The van der Waals surface area contributed by atoms with Gasteiger partial charge >= 0.3 is 6.03 Å². The Hall–Kier alpha value is -1.36. The quantitative estimate of drug-likeness (QED) is 0.516. The summed E-state index contributed by atoms with van der Waals surface area (Å²) in [6.07, 6.45) is 2.78. The van der Waals surface area contributed by atoms with Crippen LogP contribution >= 0.6 is 12.4 Å². The van der Waals surface area contributed by atoms with Gasteiger partial charge in [0.1, 0.15) is 11.7 Å². The molecule has 0 spiro atoms. The lowest BCUT2D eigenvalue weighted by atomic mass is 10.6. The van der Waals surface area contributed by atoms with Gasteiger partial charge in [-0.05, 0) is 0 Å². The van der Waals surface area contributed by atoms with E-state index in [2.05, 4.69) is 20.0 Å². The first-order valence-electron chi connectivity index (χ1n) is 2.64. The van der Waals surface area contributed by atoms with Crippen molar-refractivity contribution < 1.29 is 4.79 Å². The smallest absolute Gasteiger partial charge is 0.244 e. The first kappa shape index (κ1) is 7.74. The molecule has 0 aromatic carbocycles. The Morgan fingerprint density at radius 1 is 1.27 bits per heavy atom. The van der Waals surface area contributed by atoms with Crippen molar-refractivity contribution in [2.45, 2.75) is 0 Å². The number of urea groups is 1. The predicted molar refractivity (Wildman–Crippen MR) is 37.0 cm³/mol. The minimum atomic E-state index is -0.504. The van der Waals surface area contributed by atoms with Crippen LogP contribution < -0.4 is 10.8 Å².